The van der Waals surface area contributed by atoms with Gasteiger partial charge in [0.25, 0.3) is 0 Å². The minimum Gasteiger partial charge on any atom is -0.489 e. The number of carboxylic acids is 1. The van der Waals surface area contributed by atoms with E-state index in [9.17, 15) is 14.7 Å². The summed E-state index contributed by atoms with van der Waals surface area (Å²) in [7, 11) is -2.37. The fraction of sp³-hybridized carbons (Fsp3) is 0.515. The summed E-state index contributed by atoms with van der Waals surface area (Å²) in [5, 5.41) is 13.0. The number of nitrogens with one attached hydrogen (secondary N) is 1. The molecule has 2 atom stereocenters. The number of aliphatic carboxylic acids is 1. The van der Waals surface area contributed by atoms with Crippen LogP contribution in [-0.4, -0.2) is 43.2 Å². The predicted octanol–water partition coefficient (Wildman–Crippen LogP) is 7.66. The second-order valence-electron chi connectivity index (χ2n) is 13.3. The average Bonchev–Trinajstić information content (AvgIpc) is 3.35. The molecule has 0 spiro atoms. The fourth-order valence-corrected chi connectivity index (χ4v) is 5.92. The van der Waals surface area contributed by atoms with Crippen LogP contribution in [0.5, 0.6) is 5.75 Å². The molecule has 0 fully saturated rings. The second-order valence-corrected chi connectivity index (χ2v) is 18.1. The normalized spacial score (nSPS) is 15.8. The maximum absolute atomic E-state index is 13.1. The van der Waals surface area contributed by atoms with E-state index in [1.165, 1.54) is 0 Å². The molecule has 2 aromatic rings. The Kier molecular flexibility index (Phi) is 10.5. The Hall–Kier alpha value is -3.10. The van der Waals surface area contributed by atoms with Crippen LogP contribution in [0.3, 0.4) is 0 Å². The highest BCUT2D eigenvalue weighted by Gasteiger charge is 2.43. The highest BCUT2D eigenvalue weighted by atomic mass is 28.4. The number of rotatable bonds is 11. The Labute approximate surface area is 246 Å². The number of benzene rings is 2. The van der Waals surface area contributed by atoms with Gasteiger partial charge < -0.3 is 24.3 Å². The molecule has 3 rings (SSSR count). The maximum Gasteiger partial charge on any atom is 0.407 e. The van der Waals surface area contributed by atoms with E-state index in [1.807, 2.05) is 75.4 Å². The first-order valence-electron chi connectivity index (χ1n) is 14.4. The summed E-state index contributed by atoms with van der Waals surface area (Å²) in [6, 6.07) is 17.3. The third-order valence-corrected chi connectivity index (χ3v) is 12.2. The smallest absolute Gasteiger partial charge is 0.407 e. The van der Waals surface area contributed by atoms with Gasteiger partial charge in [-0.1, -0.05) is 63.2 Å². The standard InChI is InChI=1S/C33H47NO6Si/c1-32(2,3)39-31(37)34-28(21-23-17-19-25(20-18-23)38-22-24-13-10-9-11-14-24)29(40-41(7,8)33(4,5)6)26-15-12-16-27(26)30(35)36/h9-11,13-14,17-20,28-29H,12,15-16,21-22H2,1-8H3,(H,34,37)(H,35,36). The summed E-state index contributed by atoms with van der Waals surface area (Å²) in [6.07, 6.45) is 1.17. The third kappa shape index (κ3) is 9.47. The van der Waals surface area contributed by atoms with Crippen molar-refractivity contribution < 1.29 is 28.6 Å². The number of carboxylic acid groups (broad SMARTS) is 1. The van der Waals surface area contributed by atoms with E-state index in [4.69, 9.17) is 13.9 Å². The molecule has 0 saturated carbocycles. The highest BCUT2D eigenvalue weighted by Crippen LogP contribution is 2.41. The summed E-state index contributed by atoms with van der Waals surface area (Å²) < 4.78 is 18.6. The zero-order valence-electron chi connectivity index (χ0n) is 25.9. The molecule has 2 aromatic carbocycles. The van der Waals surface area contributed by atoms with E-state index < -0.39 is 38.1 Å². The largest absolute Gasteiger partial charge is 0.489 e. The first kappa shape index (κ1) is 32.4. The Bertz CT molecular complexity index is 1210. The molecule has 1 aliphatic carbocycles. The van der Waals surface area contributed by atoms with Gasteiger partial charge in [0, 0.05) is 5.57 Å². The number of ether oxygens (including phenoxy) is 2. The molecule has 41 heavy (non-hydrogen) atoms. The number of carbonyl (C=O) groups is 2. The van der Waals surface area contributed by atoms with Crippen LogP contribution in [0.1, 0.15) is 71.9 Å². The van der Waals surface area contributed by atoms with Crippen LogP contribution in [0.15, 0.2) is 65.7 Å². The zero-order valence-corrected chi connectivity index (χ0v) is 26.9. The first-order chi connectivity index (χ1) is 19.1. The Morgan fingerprint density at radius 2 is 1.56 bits per heavy atom. The molecule has 7 nitrogen and oxygen atoms in total. The predicted molar refractivity (Wildman–Crippen MR) is 165 cm³/mol. The van der Waals surface area contributed by atoms with Crippen molar-refractivity contribution in [1.29, 1.82) is 0 Å². The average molecular weight is 582 g/mol. The number of hydrogen-bond donors (Lipinski definition) is 2. The number of carbonyl (C=O) groups excluding carboxylic acids is 1. The van der Waals surface area contributed by atoms with Gasteiger partial charge >= 0.3 is 12.1 Å². The monoisotopic (exact) mass is 581 g/mol. The lowest BCUT2D eigenvalue weighted by Crippen LogP contribution is -2.54. The fourth-order valence-electron chi connectivity index (χ4n) is 4.62. The van der Waals surface area contributed by atoms with E-state index in [0.717, 1.165) is 28.9 Å². The Balaban J connectivity index is 1.94. The Morgan fingerprint density at radius 1 is 0.927 bits per heavy atom. The van der Waals surface area contributed by atoms with E-state index >= 15 is 0 Å². The van der Waals surface area contributed by atoms with Crippen molar-refractivity contribution >= 4 is 20.4 Å². The molecule has 0 bridgehead atoms. The number of hydrogen-bond acceptors (Lipinski definition) is 5. The van der Waals surface area contributed by atoms with Crippen molar-refractivity contribution in [3.8, 4) is 5.75 Å². The highest BCUT2D eigenvalue weighted by molar-refractivity contribution is 6.74. The van der Waals surface area contributed by atoms with Crippen LogP contribution in [0.2, 0.25) is 18.1 Å². The summed E-state index contributed by atoms with van der Waals surface area (Å²) in [6.45, 7) is 16.7. The van der Waals surface area contributed by atoms with Crippen LogP contribution < -0.4 is 10.1 Å². The zero-order chi connectivity index (χ0) is 30.4. The molecule has 224 valence electrons. The minimum atomic E-state index is -2.37. The molecule has 0 heterocycles. The maximum atomic E-state index is 13.1. The van der Waals surface area contributed by atoms with E-state index in [0.29, 0.717) is 31.4 Å². The van der Waals surface area contributed by atoms with Crippen molar-refractivity contribution in [3.63, 3.8) is 0 Å². The number of amides is 1. The lowest BCUT2D eigenvalue weighted by Gasteiger charge is -2.42. The lowest BCUT2D eigenvalue weighted by atomic mass is 9.93. The summed E-state index contributed by atoms with van der Waals surface area (Å²) >= 11 is 0. The lowest BCUT2D eigenvalue weighted by molar-refractivity contribution is -0.132. The quantitative estimate of drug-likeness (QED) is 0.265. The van der Waals surface area contributed by atoms with Crippen LogP contribution in [-0.2, 0) is 27.0 Å². The molecule has 0 radical (unpaired) electrons. The van der Waals surface area contributed by atoms with Gasteiger partial charge in [0.1, 0.15) is 18.0 Å². The molecular weight excluding hydrogens is 534 g/mol. The van der Waals surface area contributed by atoms with Crippen molar-refractivity contribution in [3.05, 3.63) is 76.9 Å². The van der Waals surface area contributed by atoms with Gasteiger partial charge in [-0.25, -0.2) is 9.59 Å². The molecule has 2 unspecified atom stereocenters. The van der Waals surface area contributed by atoms with E-state index in [1.54, 1.807) is 0 Å². The second kappa shape index (κ2) is 13.3. The van der Waals surface area contributed by atoms with Crippen LogP contribution >= 0.6 is 0 Å². The topological polar surface area (TPSA) is 94.1 Å². The first-order valence-corrected chi connectivity index (χ1v) is 17.3. The number of alkyl carbamates (subject to hydrolysis) is 1. The van der Waals surface area contributed by atoms with Gasteiger partial charge in [0.2, 0.25) is 0 Å². The van der Waals surface area contributed by atoms with Crippen molar-refractivity contribution in [2.45, 2.75) is 110 Å². The van der Waals surface area contributed by atoms with Crippen LogP contribution in [0.25, 0.3) is 0 Å². The van der Waals surface area contributed by atoms with Crippen LogP contribution in [0.4, 0.5) is 4.79 Å². The summed E-state index contributed by atoms with van der Waals surface area (Å²) in [5.74, 6) is -0.174. The Morgan fingerprint density at radius 3 is 2.12 bits per heavy atom. The van der Waals surface area contributed by atoms with Gasteiger partial charge in [-0.3, -0.25) is 0 Å². The SMILES string of the molecule is CC(C)(C)OC(=O)NC(Cc1ccc(OCc2ccccc2)cc1)C(O[Si](C)(C)C(C)(C)C)C1=C(C(=O)O)CCC1. The molecular formula is C33H47NO6Si. The molecule has 0 saturated heterocycles. The van der Waals surface area contributed by atoms with Gasteiger partial charge in [0.15, 0.2) is 8.32 Å². The third-order valence-electron chi connectivity index (χ3n) is 7.78. The van der Waals surface area contributed by atoms with E-state index in [-0.39, 0.29) is 5.04 Å². The van der Waals surface area contributed by atoms with Crippen molar-refractivity contribution in [2.24, 2.45) is 0 Å². The van der Waals surface area contributed by atoms with Crippen molar-refractivity contribution in [2.75, 3.05) is 0 Å². The van der Waals surface area contributed by atoms with Crippen LogP contribution in [0, 0.1) is 0 Å². The molecule has 0 aliphatic heterocycles. The van der Waals surface area contributed by atoms with Gasteiger partial charge in [-0.15, -0.1) is 0 Å². The van der Waals surface area contributed by atoms with Crippen molar-refractivity contribution in [1.82, 2.24) is 5.32 Å². The van der Waals surface area contributed by atoms with Gasteiger partial charge in [0.05, 0.1) is 12.1 Å². The summed E-state index contributed by atoms with van der Waals surface area (Å²) in [5.41, 5.74) is 2.54. The molecule has 2 N–H and O–H groups in total. The van der Waals surface area contributed by atoms with Gasteiger partial charge in [-0.05, 0) is 93.4 Å². The van der Waals surface area contributed by atoms with Gasteiger partial charge in [-0.2, -0.15) is 0 Å². The summed E-state index contributed by atoms with van der Waals surface area (Å²) in [4.78, 5) is 25.3. The molecule has 8 heteroatoms. The van der Waals surface area contributed by atoms with E-state index in [2.05, 4.69) is 39.2 Å². The molecule has 1 amide bonds. The minimum absolute atomic E-state index is 0.109. The molecule has 0 aromatic heterocycles. The molecule has 1 aliphatic rings.